The third-order valence-corrected chi connectivity index (χ3v) is 4.01. The van der Waals surface area contributed by atoms with Crippen LogP contribution in [0.5, 0.6) is 0 Å². The lowest BCUT2D eigenvalue weighted by molar-refractivity contribution is 0.0732. The van der Waals surface area contributed by atoms with Crippen LogP contribution in [-0.4, -0.2) is 37.5 Å². The zero-order valence-electron chi connectivity index (χ0n) is 11.9. The first kappa shape index (κ1) is 12.8. The molecular formula is C16H15N5O. The van der Waals surface area contributed by atoms with E-state index in [1.54, 1.807) is 12.5 Å². The van der Waals surface area contributed by atoms with Gasteiger partial charge in [-0.15, -0.1) is 0 Å². The quantitative estimate of drug-likeness (QED) is 0.758. The molecule has 110 valence electrons. The lowest BCUT2D eigenvalue weighted by Gasteiger charge is -2.26. The van der Waals surface area contributed by atoms with E-state index in [1.807, 2.05) is 35.2 Å². The molecule has 6 nitrogen and oxygen atoms in total. The highest BCUT2D eigenvalue weighted by atomic mass is 16.2. The highest BCUT2D eigenvalue weighted by molar-refractivity contribution is 5.94. The number of rotatable bonds is 2. The average Bonchev–Trinajstić information content (AvgIpc) is 3.25. The number of benzene rings is 1. The van der Waals surface area contributed by atoms with Gasteiger partial charge in [0.15, 0.2) is 0 Å². The summed E-state index contributed by atoms with van der Waals surface area (Å²) in [7, 11) is 0. The molecule has 0 atom stereocenters. The molecule has 3 aromatic rings. The van der Waals surface area contributed by atoms with Crippen molar-refractivity contribution in [3.63, 3.8) is 0 Å². The number of carbonyl (C=O) groups excluding carboxylic acids is 1. The molecule has 22 heavy (non-hydrogen) atoms. The Morgan fingerprint density at radius 3 is 2.82 bits per heavy atom. The van der Waals surface area contributed by atoms with Crippen molar-refractivity contribution in [1.82, 2.24) is 25.1 Å². The van der Waals surface area contributed by atoms with Gasteiger partial charge in [-0.2, -0.15) is 5.10 Å². The average molecular weight is 293 g/mol. The van der Waals surface area contributed by atoms with Crippen LogP contribution in [0.4, 0.5) is 0 Å². The predicted molar refractivity (Wildman–Crippen MR) is 81.1 cm³/mol. The molecule has 0 bridgehead atoms. The van der Waals surface area contributed by atoms with Crippen molar-refractivity contribution in [1.29, 1.82) is 0 Å². The maximum absolute atomic E-state index is 12.6. The summed E-state index contributed by atoms with van der Waals surface area (Å²) < 4.78 is 0. The van der Waals surface area contributed by atoms with Crippen LogP contribution in [0.25, 0.3) is 11.3 Å². The second-order valence-corrected chi connectivity index (χ2v) is 5.35. The summed E-state index contributed by atoms with van der Waals surface area (Å²) in [5.41, 5.74) is 4.76. The van der Waals surface area contributed by atoms with Gasteiger partial charge in [-0.05, 0) is 23.8 Å². The second-order valence-electron chi connectivity index (χ2n) is 5.35. The molecule has 1 amide bonds. The Morgan fingerprint density at radius 1 is 1.18 bits per heavy atom. The number of H-pyrrole nitrogens is 2. The number of aromatic nitrogens is 4. The monoisotopic (exact) mass is 293 g/mol. The van der Waals surface area contributed by atoms with Crippen molar-refractivity contribution in [2.45, 2.75) is 13.0 Å². The Morgan fingerprint density at radius 2 is 2.05 bits per heavy atom. The van der Waals surface area contributed by atoms with E-state index in [1.165, 1.54) is 0 Å². The number of fused-ring (bicyclic) bond motifs is 1. The van der Waals surface area contributed by atoms with Gasteiger partial charge in [-0.1, -0.05) is 12.1 Å². The molecule has 0 spiro atoms. The smallest absolute Gasteiger partial charge is 0.254 e. The molecule has 1 aromatic carbocycles. The molecule has 2 N–H and O–H groups in total. The number of carbonyl (C=O) groups is 1. The van der Waals surface area contributed by atoms with Crippen LogP contribution >= 0.6 is 0 Å². The summed E-state index contributed by atoms with van der Waals surface area (Å²) in [6.45, 7) is 1.30. The van der Waals surface area contributed by atoms with E-state index >= 15 is 0 Å². The highest BCUT2D eigenvalue weighted by Crippen LogP contribution is 2.20. The molecule has 1 aliphatic heterocycles. The number of amides is 1. The summed E-state index contributed by atoms with van der Waals surface area (Å²) in [6.07, 6.45) is 4.21. The van der Waals surface area contributed by atoms with Crippen LogP contribution < -0.4 is 0 Å². The van der Waals surface area contributed by atoms with E-state index in [0.717, 1.165) is 29.1 Å². The first-order chi connectivity index (χ1) is 10.8. The fourth-order valence-corrected chi connectivity index (χ4v) is 2.78. The van der Waals surface area contributed by atoms with Crippen LogP contribution in [0.15, 0.2) is 42.9 Å². The van der Waals surface area contributed by atoms with Gasteiger partial charge in [-0.25, -0.2) is 4.98 Å². The zero-order chi connectivity index (χ0) is 14.9. The van der Waals surface area contributed by atoms with Gasteiger partial charge in [0.2, 0.25) is 0 Å². The minimum Gasteiger partial charge on any atom is -0.347 e. The Bertz CT molecular complexity index is 788. The molecule has 0 fully saturated rings. The van der Waals surface area contributed by atoms with Crippen LogP contribution in [-0.2, 0) is 13.0 Å². The minimum atomic E-state index is 0.0522. The van der Waals surface area contributed by atoms with Crippen molar-refractivity contribution >= 4 is 5.91 Å². The molecule has 0 aliphatic carbocycles. The molecule has 0 radical (unpaired) electrons. The fourth-order valence-electron chi connectivity index (χ4n) is 2.78. The van der Waals surface area contributed by atoms with Gasteiger partial charge in [0.25, 0.3) is 5.91 Å². The first-order valence-electron chi connectivity index (χ1n) is 7.21. The van der Waals surface area contributed by atoms with E-state index in [-0.39, 0.29) is 5.91 Å². The molecular weight excluding hydrogens is 278 g/mol. The molecule has 2 aromatic heterocycles. The molecule has 0 saturated heterocycles. The van der Waals surface area contributed by atoms with Crippen molar-refractivity contribution in [2.75, 3.05) is 6.54 Å². The normalized spacial score (nSPS) is 13.9. The van der Waals surface area contributed by atoms with E-state index in [2.05, 4.69) is 20.2 Å². The van der Waals surface area contributed by atoms with E-state index < -0.39 is 0 Å². The maximum atomic E-state index is 12.6. The SMILES string of the molecule is O=C(c1ccc(-c2ccn[nH]2)cc1)N1CCc2nc[nH]c2C1. The number of imidazole rings is 1. The Labute approximate surface area is 127 Å². The largest absolute Gasteiger partial charge is 0.347 e. The number of nitrogens with one attached hydrogen (secondary N) is 2. The number of hydrogen-bond acceptors (Lipinski definition) is 3. The van der Waals surface area contributed by atoms with Gasteiger partial charge in [-0.3, -0.25) is 9.89 Å². The minimum absolute atomic E-state index is 0.0522. The predicted octanol–water partition coefficient (Wildman–Crippen LogP) is 2.00. The van der Waals surface area contributed by atoms with Crippen molar-refractivity contribution in [3.8, 4) is 11.3 Å². The summed E-state index contributed by atoms with van der Waals surface area (Å²) in [5.74, 6) is 0.0522. The van der Waals surface area contributed by atoms with Gasteiger partial charge in [0.05, 0.1) is 30.0 Å². The zero-order valence-corrected chi connectivity index (χ0v) is 11.9. The van der Waals surface area contributed by atoms with Gasteiger partial charge in [0.1, 0.15) is 0 Å². The molecule has 0 unspecified atom stereocenters. The van der Waals surface area contributed by atoms with Crippen LogP contribution in [0, 0.1) is 0 Å². The van der Waals surface area contributed by atoms with Crippen molar-refractivity contribution in [2.24, 2.45) is 0 Å². The topological polar surface area (TPSA) is 77.7 Å². The second kappa shape index (κ2) is 5.14. The number of aromatic amines is 2. The van der Waals surface area contributed by atoms with Crippen LogP contribution in [0.3, 0.4) is 0 Å². The molecule has 1 aliphatic rings. The number of hydrogen-bond donors (Lipinski definition) is 2. The first-order valence-corrected chi connectivity index (χ1v) is 7.21. The molecule has 6 heteroatoms. The third kappa shape index (κ3) is 2.18. The summed E-state index contributed by atoms with van der Waals surface area (Å²) in [4.78, 5) is 21.8. The Hall–Kier alpha value is -2.89. The summed E-state index contributed by atoms with van der Waals surface area (Å²) in [6, 6.07) is 9.50. The highest BCUT2D eigenvalue weighted by Gasteiger charge is 2.23. The summed E-state index contributed by atoms with van der Waals surface area (Å²) >= 11 is 0. The standard InChI is InChI=1S/C16H15N5O/c22-16(21-8-6-14-15(9-21)18-10-17-14)12-3-1-11(2-4-12)13-5-7-19-20-13/h1-5,7,10H,6,8-9H2,(H,17,18)(H,19,20). The van der Waals surface area contributed by atoms with Gasteiger partial charge in [0, 0.05) is 24.7 Å². The van der Waals surface area contributed by atoms with Crippen LogP contribution in [0.1, 0.15) is 21.7 Å². The van der Waals surface area contributed by atoms with E-state index in [0.29, 0.717) is 18.7 Å². The molecule has 4 rings (SSSR count). The van der Waals surface area contributed by atoms with E-state index in [9.17, 15) is 4.79 Å². The molecule has 0 saturated carbocycles. The number of nitrogens with zero attached hydrogens (tertiary/aromatic N) is 3. The van der Waals surface area contributed by atoms with Crippen molar-refractivity contribution in [3.05, 3.63) is 59.8 Å². The fraction of sp³-hybridized carbons (Fsp3) is 0.188. The van der Waals surface area contributed by atoms with E-state index in [4.69, 9.17) is 0 Å². The van der Waals surface area contributed by atoms with Gasteiger partial charge >= 0.3 is 0 Å². The Balaban J connectivity index is 1.54. The maximum Gasteiger partial charge on any atom is 0.254 e. The van der Waals surface area contributed by atoms with Crippen LogP contribution in [0.2, 0.25) is 0 Å². The van der Waals surface area contributed by atoms with Crippen molar-refractivity contribution < 1.29 is 4.79 Å². The molecule has 3 heterocycles. The Kier molecular flexibility index (Phi) is 3.00. The third-order valence-electron chi connectivity index (χ3n) is 4.01. The summed E-state index contributed by atoms with van der Waals surface area (Å²) in [5, 5.41) is 6.85. The lowest BCUT2D eigenvalue weighted by Crippen LogP contribution is -2.36. The van der Waals surface area contributed by atoms with Gasteiger partial charge < -0.3 is 9.88 Å². The lowest BCUT2D eigenvalue weighted by atomic mass is 10.1.